The zero-order chi connectivity index (χ0) is 13.3. The molecule has 0 bridgehead atoms. The lowest BCUT2D eigenvalue weighted by molar-refractivity contribution is -0.143. The largest absolute Gasteiger partial charge is 0.481 e. The minimum Gasteiger partial charge on any atom is -0.481 e. The van der Waals surface area contributed by atoms with E-state index in [1.807, 2.05) is 13.0 Å². The molecule has 2 rings (SSSR count). The van der Waals surface area contributed by atoms with Gasteiger partial charge in [0.2, 0.25) is 0 Å². The number of amides is 1. The van der Waals surface area contributed by atoms with Crippen molar-refractivity contribution in [1.82, 2.24) is 5.32 Å². The maximum absolute atomic E-state index is 11.9. The second-order valence-electron chi connectivity index (χ2n) is 4.73. The minimum absolute atomic E-state index is 0.201. The molecule has 4 nitrogen and oxygen atoms in total. The summed E-state index contributed by atoms with van der Waals surface area (Å²) in [6.07, 6.45) is 1.28. The lowest BCUT2D eigenvalue weighted by atomic mass is 10.1. The van der Waals surface area contributed by atoms with Crippen LogP contribution in [-0.4, -0.2) is 23.5 Å². The Bertz CT molecular complexity index is 509. The lowest BCUT2D eigenvalue weighted by Gasteiger charge is -2.11. The van der Waals surface area contributed by atoms with Crippen molar-refractivity contribution >= 4 is 27.8 Å². The fourth-order valence-electron chi connectivity index (χ4n) is 1.70. The van der Waals surface area contributed by atoms with Crippen molar-refractivity contribution in [1.29, 1.82) is 0 Å². The molecule has 1 amide bonds. The molecule has 1 aromatic carbocycles. The molecule has 1 saturated carbocycles. The summed E-state index contributed by atoms with van der Waals surface area (Å²) in [5, 5.41) is 11.7. The highest BCUT2D eigenvalue weighted by Crippen LogP contribution is 2.45. The van der Waals surface area contributed by atoms with Crippen LogP contribution in [0.1, 0.15) is 28.8 Å². The monoisotopic (exact) mass is 311 g/mol. The van der Waals surface area contributed by atoms with Crippen molar-refractivity contribution in [3.05, 3.63) is 33.8 Å². The van der Waals surface area contributed by atoms with Crippen LogP contribution in [0.25, 0.3) is 0 Å². The standard InChI is InChI=1S/C13H14BrNO3/c1-8-2-3-9(6-10(8)14)11(16)15-7-13(4-5-13)12(17)18/h2-3,6H,4-5,7H2,1H3,(H,15,16)(H,17,18). The Labute approximate surface area is 114 Å². The van der Waals surface area contributed by atoms with Gasteiger partial charge < -0.3 is 10.4 Å². The third kappa shape index (κ3) is 2.56. The highest BCUT2D eigenvalue weighted by molar-refractivity contribution is 9.10. The van der Waals surface area contributed by atoms with Gasteiger partial charge in [-0.15, -0.1) is 0 Å². The third-order valence-electron chi connectivity index (χ3n) is 3.33. The van der Waals surface area contributed by atoms with Gasteiger partial charge in [-0.3, -0.25) is 9.59 Å². The van der Waals surface area contributed by atoms with Crippen molar-refractivity contribution in [2.45, 2.75) is 19.8 Å². The molecule has 2 N–H and O–H groups in total. The smallest absolute Gasteiger partial charge is 0.311 e. The molecule has 1 fully saturated rings. The highest BCUT2D eigenvalue weighted by Gasteiger charge is 2.50. The average molecular weight is 312 g/mol. The number of aryl methyl sites for hydroxylation is 1. The first-order valence-electron chi connectivity index (χ1n) is 5.72. The van der Waals surface area contributed by atoms with Crippen molar-refractivity contribution in [3.8, 4) is 0 Å². The molecule has 0 aromatic heterocycles. The Morgan fingerprint density at radius 2 is 2.11 bits per heavy atom. The first-order chi connectivity index (χ1) is 8.44. The summed E-state index contributed by atoms with van der Waals surface area (Å²) < 4.78 is 0.870. The summed E-state index contributed by atoms with van der Waals surface area (Å²) in [5.41, 5.74) is 0.863. The van der Waals surface area contributed by atoms with Gasteiger partial charge in [0, 0.05) is 16.6 Å². The van der Waals surface area contributed by atoms with Gasteiger partial charge in [-0.2, -0.15) is 0 Å². The Morgan fingerprint density at radius 3 is 2.61 bits per heavy atom. The molecule has 1 aliphatic carbocycles. The molecule has 18 heavy (non-hydrogen) atoms. The van der Waals surface area contributed by atoms with Crippen LogP contribution in [0.4, 0.5) is 0 Å². The Hall–Kier alpha value is -1.36. The van der Waals surface area contributed by atoms with E-state index in [-0.39, 0.29) is 12.5 Å². The topological polar surface area (TPSA) is 66.4 Å². The SMILES string of the molecule is Cc1ccc(C(=O)NCC2(C(=O)O)CC2)cc1Br. The van der Waals surface area contributed by atoms with Gasteiger partial charge in [-0.05, 0) is 37.5 Å². The van der Waals surface area contributed by atoms with E-state index < -0.39 is 11.4 Å². The van der Waals surface area contributed by atoms with Gasteiger partial charge in [0.1, 0.15) is 0 Å². The fourth-order valence-corrected chi connectivity index (χ4v) is 2.08. The van der Waals surface area contributed by atoms with E-state index in [1.165, 1.54) is 0 Å². The van der Waals surface area contributed by atoms with E-state index in [0.717, 1.165) is 10.0 Å². The zero-order valence-corrected chi connectivity index (χ0v) is 11.6. The van der Waals surface area contributed by atoms with E-state index in [0.29, 0.717) is 18.4 Å². The number of aliphatic carboxylic acids is 1. The quantitative estimate of drug-likeness (QED) is 0.897. The summed E-state index contributed by atoms with van der Waals surface area (Å²) in [7, 11) is 0. The summed E-state index contributed by atoms with van der Waals surface area (Å²) >= 11 is 3.37. The number of carbonyl (C=O) groups excluding carboxylic acids is 1. The van der Waals surface area contributed by atoms with E-state index in [2.05, 4.69) is 21.2 Å². The first kappa shape index (κ1) is 13.1. The molecule has 0 radical (unpaired) electrons. The molecule has 1 aromatic rings. The fraction of sp³-hybridized carbons (Fsp3) is 0.385. The Balaban J connectivity index is 2.00. The number of carbonyl (C=O) groups is 2. The van der Waals surface area contributed by atoms with Gasteiger partial charge in [-0.25, -0.2) is 0 Å². The Morgan fingerprint density at radius 1 is 1.44 bits per heavy atom. The third-order valence-corrected chi connectivity index (χ3v) is 4.18. The van der Waals surface area contributed by atoms with Gasteiger partial charge in [-0.1, -0.05) is 22.0 Å². The van der Waals surface area contributed by atoms with Gasteiger partial charge in [0.05, 0.1) is 5.41 Å². The van der Waals surface area contributed by atoms with Crippen LogP contribution in [-0.2, 0) is 4.79 Å². The van der Waals surface area contributed by atoms with Crippen molar-refractivity contribution in [2.75, 3.05) is 6.54 Å². The van der Waals surface area contributed by atoms with Crippen LogP contribution in [0.5, 0.6) is 0 Å². The molecular formula is C13H14BrNO3. The number of hydrogen-bond acceptors (Lipinski definition) is 2. The normalized spacial score (nSPS) is 16.1. The zero-order valence-electron chi connectivity index (χ0n) is 10.00. The number of benzene rings is 1. The summed E-state index contributed by atoms with van der Waals surface area (Å²) in [4.78, 5) is 22.9. The van der Waals surface area contributed by atoms with Crippen LogP contribution in [0.3, 0.4) is 0 Å². The van der Waals surface area contributed by atoms with Crippen LogP contribution in [0.15, 0.2) is 22.7 Å². The second kappa shape index (κ2) is 4.72. The van der Waals surface area contributed by atoms with Crippen LogP contribution >= 0.6 is 15.9 Å². The van der Waals surface area contributed by atoms with Gasteiger partial charge in [0.25, 0.3) is 5.91 Å². The minimum atomic E-state index is -0.826. The van der Waals surface area contributed by atoms with Crippen molar-refractivity contribution < 1.29 is 14.7 Å². The van der Waals surface area contributed by atoms with E-state index in [9.17, 15) is 9.59 Å². The molecule has 0 spiro atoms. The summed E-state index contributed by atoms with van der Waals surface area (Å²) in [6, 6.07) is 5.32. The highest BCUT2D eigenvalue weighted by atomic mass is 79.9. The van der Waals surface area contributed by atoms with Crippen LogP contribution in [0, 0.1) is 12.3 Å². The van der Waals surface area contributed by atoms with Crippen LogP contribution in [0.2, 0.25) is 0 Å². The maximum Gasteiger partial charge on any atom is 0.311 e. The van der Waals surface area contributed by atoms with Crippen LogP contribution < -0.4 is 5.32 Å². The predicted octanol–water partition coefficient (Wildman–Crippen LogP) is 2.35. The number of carboxylic acids is 1. The molecule has 0 aliphatic heterocycles. The summed E-state index contributed by atoms with van der Waals surface area (Å²) in [5.74, 6) is -1.06. The molecule has 0 heterocycles. The van der Waals surface area contributed by atoms with Gasteiger partial charge in [0.15, 0.2) is 0 Å². The van der Waals surface area contributed by atoms with E-state index in [4.69, 9.17) is 5.11 Å². The number of nitrogens with one attached hydrogen (secondary N) is 1. The molecule has 1 aliphatic rings. The number of rotatable bonds is 4. The number of carboxylic acid groups (broad SMARTS) is 1. The average Bonchev–Trinajstić information content (AvgIpc) is 3.11. The lowest BCUT2D eigenvalue weighted by Crippen LogP contribution is -2.34. The molecule has 5 heteroatoms. The molecule has 0 atom stereocenters. The van der Waals surface area contributed by atoms with E-state index >= 15 is 0 Å². The number of hydrogen-bond donors (Lipinski definition) is 2. The van der Waals surface area contributed by atoms with Crippen molar-refractivity contribution in [2.24, 2.45) is 5.41 Å². The molecule has 0 saturated heterocycles. The van der Waals surface area contributed by atoms with E-state index in [1.54, 1.807) is 12.1 Å². The van der Waals surface area contributed by atoms with Crippen molar-refractivity contribution in [3.63, 3.8) is 0 Å². The number of halogens is 1. The molecular weight excluding hydrogens is 298 g/mol. The van der Waals surface area contributed by atoms with Gasteiger partial charge >= 0.3 is 5.97 Å². The molecule has 96 valence electrons. The Kier molecular flexibility index (Phi) is 3.43. The summed E-state index contributed by atoms with van der Waals surface area (Å²) in [6.45, 7) is 2.14. The maximum atomic E-state index is 11.9. The predicted molar refractivity (Wildman–Crippen MR) is 70.5 cm³/mol. The first-order valence-corrected chi connectivity index (χ1v) is 6.52. The second-order valence-corrected chi connectivity index (χ2v) is 5.59. The molecule has 0 unspecified atom stereocenters.